The molecular weight excluding hydrogens is 180 g/mol. The highest BCUT2D eigenvalue weighted by atomic mass is 35.5. The van der Waals surface area contributed by atoms with Crippen LogP contribution in [0, 0.1) is 0 Å². The summed E-state index contributed by atoms with van der Waals surface area (Å²) < 4.78 is 0. The van der Waals surface area contributed by atoms with Crippen LogP contribution in [-0.2, 0) is 0 Å². The fraction of sp³-hybridized carbons (Fsp3) is 0.286. The Hall–Kier alpha value is -0.840. The minimum atomic E-state index is -0.674. The van der Waals surface area contributed by atoms with Gasteiger partial charge < -0.3 is 15.8 Å². The number of hydrogen-bond acceptors (Lipinski definition) is 3. The zero-order chi connectivity index (χ0) is 9.14. The predicted molar refractivity (Wildman–Crippen MR) is 46.1 cm³/mol. The van der Waals surface area contributed by atoms with Crippen molar-refractivity contribution < 1.29 is 5.11 Å². The lowest BCUT2D eigenvalue weighted by atomic mass is 10.1. The van der Waals surface area contributed by atoms with Crippen molar-refractivity contribution in [1.82, 2.24) is 4.98 Å². The van der Waals surface area contributed by atoms with Crippen molar-refractivity contribution in [1.29, 1.82) is 0 Å². The smallest absolute Gasteiger partial charge is 0.252 e. The van der Waals surface area contributed by atoms with Gasteiger partial charge in [0.05, 0.1) is 17.7 Å². The zero-order valence-electron chi connectivity index (χ0n) is 6.25. The molecule has 12 heavy (non-hydrogen) atoms. The third-order valence-corrected chi connectivity index (χ3v) is 1.71. The molecule has 1 atom stereocenters. The number of aromatic amines is 1. The number of nitrogens with two attached hydrogens (primary N) is 1. The summed E-state index contributed by atoms with van der Waals surface area (Å²) in [5, 5.41) is 9.08. The molecule has 0 aliphatic heterocycles. The monoisotopic (exact) mass is 188 g/mol. The number of nitrogens with one attached hydrogen (secondary N) is 1. The van der Waals surface area contributed by atoms with E-state index in [-0.39, 0.29) is 12.2 Å². The van der Waals surface area contributed by atoms with Crippen LogP contribution >= 0.6 is 11.6 Å². The fourth-order valence-electron chi connectivity index (χ4n) is 0.847. The lowest BCUT2D eigenvalue weighted by Gasteiger charge is -2.06. The van der Waals surface area contributed by atoms with Gasteiger partial charge in [-0.3, -0.25) is 4.79 Å². The van der Waals surface area contributed by atoms with E-state index in [0.29, 0.717) is 10.6 Å². The Bertz CT molecular complexity index is 323. The number of H-pyrrole nitrogens is 1. The minimum Gasteiger partial charge on any atom is -0.394 e. The summed E-state index contributed by atoms with van der Waals surface area (Å²) in [7, 11) is 0. The molecule has 1 aromatic rings. The van der Waals surface area contributed by atoms with E-state index in [4.69, 9.17) is 22.4 Å². The molecule has 0 unspecified atom stereocenters. The average molecular weight is 189 g/mol. The topological polar surface area (TPSA) is 79.1 Å². The average Bonchev–Trinajstić information content (AvgIpc) is 2.08. The highest BCUT2D eigenvalue weighted by Gasteiger charge is 2.08. The van der Waals surface area contributed by atoms with Crippen LogP contribution in [-0.4, -0.2) is 16.7 Å². The van der Waals surface area contributed by atoms with E-state index in [2.05, 4.69) is 4.98 Å². The molecule has 1 aromatic heterocycles. The van der Waals surface area contributed by atoms with Gasteiger partial charge in [-0.05, 0) is 6.07 Å². The van der Waals surface area contributed by atoms with Gasteiger partial charge >= 0.3 is 0 Å². The molecule has 0 fully saturated rings. The molecule has 1 heterocycles. The van der Waals surface area contributed by atoms with Crippen LogP contribution in [0.1, 0.15) is 11.6 Å². The highest BCUT2D eigenvalue weighted by Crippen LogP contribution is 2.09. The molecule has 4 nitrogen and oxygen atoms in total. The molecule has 0 spiro atoms. The van der Waals surface area contributed by atoms with E-state index < -0.39 is 6.04 Å². The van der Waals surface area contributed by atoms with Crippen LogP contribution in [0.25, 0.3) is 0 Å². The molecule has 0 bridgehead atoms. The van der Waals surface area contributed by atoms with Crippen molar-refractivity contribution in [3.63, 3.8) is 0 Å². The number of halogens is 1. The summed E-state index contributed by atoms with van der Waals surface area (Å²) in [6.07, 6.45) is 1.37. The van der Waals surface area contributed by atoms with Gasteiger partial charge in [-0.25, -0.2) is 0 Å². The second-order valence-electron chi connectivity index (χ2n) is 2.39. The largest absolute Gasteiger partial charge is 0.394 e. The first-order valence-electron chi connectivity index (χ1n) is 3.39. The zero-order valence-corrected chi connectivity index (χ0v) is 7.01. The van der Waals surface area contributed by atoms with Gasteiger partial charge in [-0.1, -0.05) is 11.6 Å². The van der Waals surface area contributed by atoms with E-state index >= 15 is 0 Å². The molecule has 0 saturated carbocycles. The van der Waals surface area contributed by atoms with E-state index in [9.17, 15) is 4.79 Å². The summed E-state index contributed by atoms with van der Waals surface area (Å²) in [6.45, 7) is -0.274. The molecule has 4 N–H and O–H groups in total. The normalized spacial score (nSPS) is 12.9. The van der Waals surface area contributed by atoms with Gasteiger partial charge in [0.2, 0.25) is 0 Å². The molecule has 0 aliphatic carbocycles. The van der Waals surface area contributed by atoms with Crippen LogP contribution in [0.15, 0.2) is 17.1 Å². The van der Waals surface area contributed by atoms with Crippen molar-refractivity contribution >= 4 is 11.6 Å². The van der Waals surface area contributed by atoms with Crippen LogP contribution in [0.5, 0.6) is 0 Å². The summed E-state index contributed by atoms with van der Waals surface area (Å²) >= 11 is 5.61. The molecule has 0 radical (unpaired) electrons. The van der Waals surface area contributed by atoms with Crippen molar-refractivity contribution in [2.45, 2.75) is 6.04 Å². The van der Waals surface area contributed by atoms with Crippen LogP contribution < -0.4 is 11.3 Å². The maximum absolute atomic E-state index is 11.1. The van der Waals surface area contributed by atoms with Crippen molar-refractivity contribution in [3.8, 4) is 0 Å². The van der Waals surface area contributed by atoms with Crippen LogP contribution in [0.3, 0.4) is 0 Å². The SMILES string of the molecule is N[C@H](CO)c1cc(Cl)c[nH]c1=O. The third kappa shape index (κ3) is 1.85. The Morgan fingerprint density at radius 2 is 2.42 bits per heavy atom. The maximum Gasteiger partial charge on any atom is 0.252 e. The van der Waals surface area contributed by atoms with Crippen LogP contribution in [0.4, 0.5) is 0 Å². The highest BCUT2D eigenvalue weighted by molar-refractivity contribution is 6.30. The fourth-order valence-corrected chi connectivity index (χ4v) is 1.02. The lowest BCUT2D eigenvalue weighted by Crippen LogP contribution is -2.23. The van der Waals surface area contributed by atoms with Crippen molar-refractivity contribution in [2.75, 3.05) is 6.61 Å². The number of pyridine rings is 1. The number of hydrogen-bond donors (Lipinski definition) is 3. The van der Waals surface area contributed by atoms with Gasteiger partial charge in [0.1, 0.15) is 0 Å². The molecule has 1 rings (SSSR count). The van der Waals surface area contributed by atoms with E-state index in [0.717, 1.165) is 0 Å². The first kappa shape index (κ1) is 9.25. The number of aromatic nitrogens is 1. The molecule has 0 aromatic carbocycles. The van der Waals surface area contributed by atoms with E-state index in [1.807, 2.05) is 0 Å². The summed E-state index contributed by atoms with van der Waals surface area (Å²) in [5.41, 5.74) is 5.41. The number of rotatable bonds is 2. The van der Waals surface area contributed by atoms with E-state index in [1.165, 1.54) is 12.3 Å². The van der Waals surface area contributed by atoms with E-state index in [1.54, 1.807) is 0 Å². The number of aliphatic hydroxyl groups excluding tert-OH is 1. The molecule has 0 saturated heterocycles. The van der Waals surface area contributed by atoms with Crippen molar-refractivity contribution in [2.24, 2.45) is 5.73 Å². The quantitative estimate of drug-likeness (QED) is 0.612. The van der Waals surface area contributed by atoms with Crippen molar-refractivity contribution in [3.05, 3.63) is 33.2 Å². The van der Waals surface area contributed by atoms with Gasteiger partial charge in [-0.15, -0.1) is 0 Å². The van der Waals surface area contributed by atoms with Gasteiger partial charge in [-0.2, -0.15) is 0 Å². The lowest BCUT2D eigenvalue weighted by molar-refractivity contribution is 0.267. The Balaban J connectivity index is 3.13. The predicted octanol–water partition coefficient (Wildman–Crippen LogP) is 0.0204. The molecule has 5 heteroatoms. The Labute approximate surface area is 74.0 Å². The Morgan fingerprint density at radius 3 is 3.00 bits per heavy atom. The molecular formula is C7H9ClN2O2. The van der Waals surface area contributed by atoms with Crippen LogP contribution in [0.2, 0.25) is 5.02 Å². The Morgan fingerprint density at radius 1 is 1.75 bits per heavy atom. The van der Waals surface area contributed by atoms with Gasteiger partial charge in [0, 0.05) is 11.8 Å². The molecule has 0 amide bonds. The summed E-state index contributed by atoms with van der Waals surface area (Å²) in [6, 6.07) is 0.772. The van der Waals surface area contributed by atoms with Gasteiger partial charge in [0.25, 0.3) is 5.56 Å². The first-order chi connectivity index (χ1) is 5.65. The second kappa shape index (κ2) is 3.71. The molecule has 66 valence electrons. The maximum atomic E-state index is 11.1. The second-order valence-corrected chi connectivity index (χ2v) is 2.83. The summed E-state index contributed by atoms with van der Waals surface area (Å²) in [5.74, 6) is 0. The number of aliphatic hydroxyl groups is 1. The third-order valence-electron chi connectivity index (χ3n) is 1.49. The van der Waals surface area contributed by atoms with Gasteiger partial charge in [0.15, 0.2) is 0 Å². The molecule has 0 aliphatic rings. The Kier molecular flexibility index (Phi) is 2.86. The minimum absolute atomic E-state index is 0.274. The summed E-state index contributed by atoms with van der Waals surface area (Å²) in [4.78, 5) is 13.5. The standard InChI is InChI=1S/C7H9ClN2O2/c8-4-1-5(6(9)3-11)7(12)10-2-4/h1-2,6,11H,3,9H2,(H,10,12)/t6-/m1/s1. The first-order valence-corrected chi connectivity index (χ1v) is 3.77.